The fourth-order valence-electron chi connectivity index (χ4n) is 4.78. The van der Waals surface area contributed by atoms with Crippen LogP contribution in [0.5, 0.6) is 0 Å². The van der Waals surface area contributed by atoms with E-state index in [1.165, 1.54) is 38.2 Å². The third kappa shape index (κ3) is 2.59. The van der Waals surface area contributed by atoms with Crippen molar-refractivity contribution in [3.63, 3.8) is 0 Å². The highest BCUT2D eigenvalue weighted by molar-refractivity contribution is 5.65. The summed E-state index contributed by atoms with van der Waals surface area (Å²) in [4.78, 5) is 11.1. The first kappa shape index (κ1) is 14.6. The lowest BCUT2D eigenvalue weighted by Crippen LogP contribution is -2.50. The minimum absolute atomic E-state index is 0.173. The number of fused-ring (bicyclic) bond motifs is 1. The summed E-state index contributed by atoms with van der Waals surface area (Å²) in [7, 11) is 0. The summed E-state index contributed by atoms with van der Waals surface area (Å²) in [5.41, 5.74) is 1.95. The third-order valence-corrected chi connectivity index (χ3v) is 5.77. The number of hydrogen-bond donors (Lipinski definition) is 0. The number of esters is 1. The van der Waals surface area contributed by atoms with Crippen molar-refractivity contribution < 1.29 is 9.53 Å². The summed E-state index contributed by atoms with van der Waals surface area (Å²) in [6.07, 6.45) is 6.18. The molecule has 2 saturated carbocycles. The van der Waals surface area contributed by atoms with E-state index in [2.05, 4.69) is 27.4 Å². The van der Waals surface area contributed by atoms with Crippen LogP contribution >= 0.6 is 0 Å². The minimum Gasteiger partial charge on any atom is -0.465 e. The van der Waals surface area contributed by atoms with Crippen LogP contribution in [0, 0.1) is 22.7 Å². The lowest BCUT2D eigenvalue weighted by Gasteiger charge is -2.57. The molecule has 0 N–H and O–H groups in total. The van der Waals surface area contributed by atoms with Crippen LogP contribution in [-0.2, 0) is 9.53 Å². The molecule has 2 rings (SSSR count). The molecule has 2 aliphatic rings. The zero-order valence-corrected chi connectivity index (χ0v) is 12.9. The molecule has 3 atom stereocenters. The Hall–Kier alpha value is -0.790. The second-order valence-corrected chi connectivity index (χ2v) is 7.45. The van der Waals surface area contributed by atoms with Crippen molar-refractivity contribution in [1.29, 1.82) is 0 Å². The number of carbonyl (C=O) groups excluding carboxylic acids is 1. The first-order chi connectivity index (χ1) is 8.77. The molecule has 0 saturated heterocycles. The Labute approximate surface area is 117 Å². The first-order valence-corrected chi connectivity index (χ1v) is 7.58. The van der Waals surface area contributed by atoms with Crippen LogP contribution in [0.3, 0.4) is 0 Å². The van der Waals surface area contributed by atoms with Gasteiger partial charge in [-0.1, -0.05) is 39.3 Å². The van der Waals surface area contributed by atoms with Crippen LogP contribution in [0.25, 0.3) is 0 Å². The van der Waals surface area contributed by atoms with Gasteiger partial charge in [0.05, 0.1) is 6.61 Å². The monoisotopic (exact) mass is 264 g/mol. The number of carbonyl (C=O) groups is 1. The molecule has 0 aromatic heterocycles. The van der Waals surface area contributed by atoms with Gasteiger partial charge in [-0.25, -0.2) is 0 Å². The van der Waals surface area contributed by atoms with E-state index < -0.39 is 0 Å². The molecule has 0 aromatic rings. The van der Waals surface area contributed by atoms with Crippen LogP contribution in [0.15, 0.2) is 12.2 Å². The molecule has 0 aliphatic heterocycles. The highest BCUT2D eigenvalue weighted by Gasteiger charge is 2.53. The lowest BCUT2D eigenvalue weighted by atomic mass is 9.48. The Bertz CT molecular complexity index is 383. The molecule has 2 fully saturated rings. The zero-order chi connectivity index (χ0) is 14.3. The SMILES string of the molecule is C=C1CC[C@H]2C(C)(C)CCC[C@@]2(C)[C@H]1COC(C)=O. The predicted octanol–water partition coefficient (Wildman–Crippen LogP) is 4.35. The maximum atomic E-state index is 11.1. The van der Waals surface area contributed by atoms with Crippen LogP contribution in [-0.4, -0.2) is 12.6 Å². The van der Waals surface area contributed by atoms with Crippen molar-refractivity contribution in [2.75, 3.05) is 6.61 Å². The van der Waals surface area contributed by atoms with Crippen molar-refractivity contribution in [3.8, 4) is 0 Å². The van der Waals surface area contributed by atoms with Gasteiger partial charge >= 0.3 is 5.97 Å². The highest BCUT2D eigenvalue weighted by Crippen LogP contribution is 2.60. The van der Waals surface area contributed by atoms with E-state index in [9.17, 15) is 4.79 Å². The fourth-order valence-corrected chi connectivity index (χ4v) is 4.78. The van der Waals surface area contributed by atoms with Gasteiger partial charge in [0.25, 0.3) is 0 Å². The van der Waals surface area contributed by atoms with Gasteiger partial charge in [0.1, 0.15) is 0 Å². The van der Waals surface area contributed by atoms with E-state index in [0.29, 0.717) is 17.9 Å². The van der Waals surface area contributed by atoms with Crippen molar-refractivity contribution >= 4 is 5.97 Å². The van der Waals surface area contributed by atoms with Gasteiger partial charge in [-0.15, -0.1) is 0 Å². The quantitative estimate of drug-likeness (QED) is 0.547. The van der Waals surface area contributed by atoms with E-state index in [0.717, 1.165) is 12.3 Å². The molecule has 0 unspecified atom stereocenters. The smallest absolute Gasteiger partial charge is 0.302 e. The van der Waals surface area contributed by atoms with Gasteiger partial charge in [-0.05, 0) is 42.4 Å². The molecule has 0 radical (unpaired) electrons. The van der Waals surface area contributed by atoms with E-state index in [4.69, 9.17) is 4.74 Å². The van der Waals surface area contributed by atoms with Crippen molar-refractivity contribution in [3.05, 3.63) is 12.2 Å². The van der Waals surface area contributed by atoms with E-state index in [1.54, 1.807) is 0 Å². The fraction of sp³-hybridized carbons (Fsp3) is 0.824. The Morgan fingerprint density at radius 3 is 2.68 bits per heavy atom. The normalized spacial score (nSPS) is 37.6. The number of hydrogen-bond acceptors (Lipinski definition) is 2. The van der Waals surface area contributed by atoms with Gasteiger partial charge in [0.2, 0.25) is 0 Å². The van der Waals surface area contributed by atoms with Gasteiger partial charge in [0, 0.05) is 12.8 Å². The molecule has 0 aromatic carbocycles. The summed E-state index contributed by atoms with van der Waals surface area (Å²) in [6, 6.07) is 0. The van der Waals surface area contributed by atoms with E-state index >= 15 is 0 Å². The highest BCUT2D eigenvalue weighted by atomic mass is 16.5. The number of ether oxygens (including phenoxy) is 1. The molecule has 0 amide bonds. The standard InChI is InChI=1S/C17H28O2/c1-12-7-8-15-16(3,4)9-6-10-17(15,5)14(12)11-19-13(2)18/h14-15H,1,6-11H2,2-5H3/t14-,15-,17-/m0/s1. The second-order valence-electron chi connectivity index (χ2n) is 7.45. The molecular weight excluding hydrogens is 236 g/mol. The molecule has 0 spiro atoms. The molecule has 2 aliphatic carbocycles. The number of rotatable bonds is 2. The molecule has 2 heteroatoms. The van der Waals surface area contributed by atoms with Crippen molar-refractivity contribution in [2.45, 2.75) is 59.8 Å². The van der Waals surface area contributed by atoms with E-state index in [-0.39, 0.29) is 11.4 Å². The molecule has 19 heavy (non-hydrogen) atoms. The molecule has 0 bridgehead atoms. The molecule has 108 valence electrons. The summed E-state index contributed by atoms with van der Waals surface area (Å²) in [5, 5.41) is 0. The van der Waals surface area contributed by atoms with Crippen molar-refractivity contribution in [1.82, 2.24) is 0 Å². The Balaban J connectivity index is 2.24. The Morgan fingerprint density at radius 2 is 2.05 bits per heavy atom. The predicted molar refractivity (Wildman–Crippen MR) is 77.7 cm³/mol. The lowest BCUT2D eigenvalue weighted by molar-refractivity contribution is -0.146. The summed E-state index contributed by atoms with van der Waals surface area (Å²) in [6.45, 7) is 13.5. The topological polar surface area (TPSA) is 26.3 Å². The zero-order valence-electron chi connectivity index (χ0n) is 12.9. The maximum Gasteiger partial charge on any atom is 0.302 e. The average Bonchev–Trinajstić information content (AvgIpc) is 2.26. The molecule has 2 nitrogen and oxygen atoms in total. The van der Waals surface area contributed by atoms with Gasteiger partial charge < -0.3 is 4.74 Å². The molecule has 0 heterocycles. The second kappa shape index (κ2) is 4.96. The Kier molecular flexibility index (Phi) is 3.81. The van der Waals surface area contributed by atoms with Crippen LogP contribution < -0.4 is 0 Å². The largest absolute Gasteiger partial charge is 0.465 e. The van der Waals surface area contributed by atoms with Gasteiger partial charge in [0.15, 0.2) is 0 Å². The summed E-state index contributed by atoms with van der Waals surface area (Å²) >= 11 is 0. The van der Waals surface area contributed by atoms with Crippen molar-refractivity contribution in [2.24, 2.45) is 22.7 Å². The third-order valence-electron chi connectivity index (χ3n) is 5.77. The molecular formula is C17H28O2. The van der Waals surface area contributed by atoms with Crippen LogP contribution in [0.1, 0.15) is 59.8 Å². The average molecular weight is 264 g/mol. The Morgan fingerprint density at radius 1 is 1.37 bits per heavy atom. The summed E-state index contributed by atoms with van der Waals surface area (Å²) in [5.74, 6) is 0.892. The van der Waals surface area contributed by atoms with Gasteiger partial charge in [-0.2, -0.15) is 0 Å². The van der Waals surface area contributed by atoms with Gasteiger partial charge in [-0.3, -0.25) is 4.79 Å². The minimum atomic E-state index is -0.173. The summed E-state index contributed by atoms with van der Waals surface area (Å²) < 4.78 is 5.33. The maximum absolute atomic E-state index is 11.1. The van der Waals surface area contributed by atoms with Crippen LogP contribution in [0.2, 0.25) is 0 Å². The van der Waals surface area contributed by atoms with E-state index in [1.807, 2.05) is 0 Å². The first-order valence-electron chi connectivity index (χ1n) is 7.58. The van der Waals surface area contributed by atoms with Crippen LogP contribution in [0.4, 0.5) is 0 Å².